The van der Waals surface area contributed by atoms with Gasteiger partial charge in [0.05, 0.1) is 0 Å². The first-order valence-corrected chi connectivity index (χ1v) is 7.13. The molecule has 3 nitrogen and oxygen atoms in total. The minimum absolute atomic E-state index is 0.521. The topological polar surface area (TPSA) is 37.8 Å². The standard InChI is InChI=1S/C12H19N3S/c1-7(2)13-6-10-14-15-12(16-10)11-8-4-3-5-9(8)11/h7-9,11,13H,3-6H2,1-2H3. The Labute approximate surface area is 101 Å². The zero-order valence-electron chi connectivity index (χ0n) is 9.94. The van der Waals surface area contributed by atoms with Crippen LogP contribution in [0.4, 0.5) is 0 Å². The van der Waals surface area contributed by atoms with Crippen LogP contribution < -0.4 is 5.32 Å². The lowest BCUT2D eigenvalue weighted by atomic mass is 10.2. The van der Waals surface area contributed by atoms with Gasteiger partial charge < -0.3 is 5.32 Å². The first-order valence-electron chi connectivity index (χ1n) is 6.31. The quantitative estimate of drug-likeness (QED) is 0.874. The van der Waals surface area contributed by atoms with Crippen LogP contribution in [-0.4, -0.2) is 16.2 Å². The average Bonchev–Trinajstić information content (AvgIpc) is 2.73. The maximum absolute atomic E-state index is 4.37. The summed E-state index contributed by atoms with van der Waals surface area (Å²) in [5.74, 6) is 2.69. The lowest BCUT2D eigenvalue weighted by Gasteiger charge is -2.03. The SMILES string of the molecule is CC(C)NCc1nnc(C2C3CCCC32)s1. The Morgan fingerprint density at radius 1 is 1.31 bits per heavy atom. The molecular formula is C12H19N3S. The van der Waals surface area contributed by atoms with Crippen LogP contribution in [-0.2, 0) is 6.54 Å². The van der Waals surface area contributed by atoms with Crippen molar-refractivity contribution in [2.45, 2.75) is 51.6 Å². The van der Waals surface area contributed by atoms with E-state index in [-0.39, 0.29) is 0 Å². The molecule has 0 saturated heterocycles. The summed E-state index contributed by atoms with van der Waals surface area (Å²) in [6.45, 7) is 5.19. The zero-order chi connectivity index (χ0) is 11.1. The molecule has 0 radical (unpaired) electrons. The van der Waals surface area contributed by atoms with Gasteiger partial charge in [-0.3, -0.25) is 0 Å². The minimum Gasteiger partial charge on any atom is -0.308 e. The fraction of sp³-hybridized carbons (Fsp3) is 0.833. The van der Waals surface area contributed by atoms with E-state index in [4.69, 9.17) is 0 Å². The van der Waals surface area contributed by atoms with Gasteiger partial charge in [0.25, 0.3) is 0 Å². The molecule has 2 atom stereocenters. The van der Waals surface area contributed by atoms with E-state index in [0.717, 1.165) is 29.3 Å². The molecule has 16 heavy (non-hydrogen) atoms. The second kappa shape index (κ2) is 4.08. The molecule has 0 aliphatic heterocycles. The summed E-state index contributed by atoms with van der Waals surface area (Å²) in [5, 5.41) is 14.5. The molecule has 2 saturated carbocycles. The molecule has 2 fully saturated rings. The predicted molar refractivity (Wildman–Crippen MR) is 65.5 cm³/mol. The zero-order valence-corrected chi connectivity index (χ0v) is 10.8. The summed E-state index contributed by atoms with van der Waals surface area (Å²) in [6, 6.07) is 0.521. The second-order valence-corrected chi connectivity index (χ2v) is 6.45. The highest BCUT2D eigenvalue weighted by Gasteiger charge is 2.54. The van der Waals surface area contributed by atoms with Crippen molar-refractivity contribution in [3.8, 4) is 0 Å². The third-order valence-electron chi connectivity index (χ3n) is 3.84. The number of aromatic nitrogens is 2. The maximum atomic E-state index is 4.37. The largest absolute Gasteiger partial charge is 0.308 e. The molecule has 1 aromatic heterocycles. The van der Waals surface area contributed by atoms with Gasteiger partial charge in [0, 0.05) is 18.5 Å². The molecule has 2 aliphatic carbocycles. The molecule has 0 aromatic carbocycles. The van der Waals surface area contributed by atoms with E-state index in [0.29, 0.717) is 6.04 Å². The number of hydrogen-bond acceptors (Lipinski definition) is 4. The van der Waals surface area contributed by atoms with Crippen LogP contribution in [0.3, 0.4) is 0 Å². The van der Waals surface area contributed by atoms with E-state index in [1.54, 1.807) is 0 Å². The highest BCUT2D eigenvalue weighted by molar-refractivity contribution is 7.11. The predicted octanol–water partition coefficient (Wildman–Crippen LogP) is 2.55. The molecule has 2 aliphatic rings. The van der Waals surface area contributed by atoms with Gasteiger partial charge in [0.15, 0.2) is 0 Å². The normalized spacial score (nSPS) is 32.1. The van der Waals surface area contributed by atoms with Gasteiger partial charge >= 0.3 is 0 Å². The van der Waals surface area contributed by atoms with Crippen LogP contribution in [0.15, 0.2) is 0 Å². The fourth-order valence-electron chi connectivity index (χ4n) is 2.95. The van der Waals surface area contributed by atoms with Crippen LogP contribution in [0.25, 0.3) is 0 Å². The first-order chi connectivity index (χ1) is 7.75. The van der Waals surface area contributed by atoms with E-state index >= 15 is 0 Å². The van der Waals surface area contributed by atoms with Crippen molar-refractivity contribution in [2.75, 3.05) is 0 Å². The Morgan fingerprint density at radius 2 is 2.06 bits per heavy atom. The van der Waals surface area contributed by atoms with Crippen LogP contribution in [0, 0.1) is 11.8 Å². The highest BCUT2D eigenvalue weighted by atomic mass is 32.1. The number of rotatable bonds is 4. The van der Waals surface area contributed by atoms with Crippen molar-refractivity contribution >= 4 is 11.3 Å². The highest BCUT2D eigenvalue weighted by Crippen LogP contribution is 2.63. The molecule has 2 unspecified atom stereocenters. The minimum atomic E-state index is 0.521. The molecule has 4 heteroatoms. The Balaban J connectivity index is 1.61. The van der Waals surface area contributed by atoms with Crippen LogP contribution in [0.5, 0.6) is 0 Å². The summed E-state index contributed by atoms with van der Waals surface area (Å²) in [4.78, 5) is 0. The summed E-state index contributed by atoms with van der Waals surface area (Å²) in [6.07, 6.45) is 4.29. The smallest absolute Gasteiger partial charge is 0.131 e. The molecule has 0 bridgehead atoms. The van der Waals surface area contributed by atoms with Gasteiger partial charge in [0.2, 0.25) is 0 Å². The number of nitrogens with one attached hydrogen (secondary N) is 1. The second-order valence-electron chi connectivity index (χ2n) is 5.35. The van der Waals surface area contributed by atoms with Gasteiger partial charge in [-0.1, -0.05) is 31.6 Å². The Bertz CT molecular complexity index is 364. The van der Waals surface area contributed by atoms with Crippen molar-refractivity contribution in [1.82, 2.24) is 15.5 Å². The van der Waals surface area contributed by atoms with Crippen LogP contribution in [0.1, 0.15) is 49.0 Å². The number of nitrogens with zero attached hydrogens (tertiary/aromatic N) is 2. The molecule has 1 N–H and O–H groups in total. The summed E-state index contributed by atoms with van der Waals surface area (Å²) < 4.78 is 0. The van der Waals surface area contributed by atoms with Crippen molar-refractivity contribution in [3.05, 3.63) is 10.0 Å². The maximum Gasteiger partial charge on any atom is 0.131 e. The molecule has 3 rings (SSSR count). The van der Waals surface area contributed by atoms with E-state index in [1.807, 2.05) is 11.3 Å². The van der Waals surface area contributed by atoms with Crippen LogP contribution in [0.2, 0.25) is 0 Å². The monoisotopic (exact) mass is 237 g/mol. The lowest BCUT2D eigenvalue weighted by Crippen LogP contribution is -2.21. The molecular weight excluding hydrogens is 218 g/mol. The summed E-state index contributed by atoms with van der Waals surface area (Å²) in [7, 11) is 0. The first kappa shape index (κ1) is 10.7. The average molecular weight is 237 g/mol. The van der Waals surface area contributed by atoms with Gasteiger partial charge in [-0.2, -0.15) is 0 Å². The van der Waals surface area contributed by atoms with Gasteiger partial charge in [0.1, 0.15) is 10.0 Å². The van der Waals surface area contributed by atoms with Crippen LogP contribution >= 0.6 is 11.3 Å². The Kier molecular flexibility index (Phi) is 2.72. The van der Waals surface area contributed by atoms with E-state index in [1.165, 1.54) is 24.3 Å². The van der Waals surface area contributed by atoms with Gasteiger partial charge in [-0.25, -0.2) is 0 Å². The number of hydrogen-bond donors (Lipinski definition) is 1. The molecule has 0 spiro atoms. The molecule has 1 heterocycles. The molecule has 88 valence electrons. The third-order valence-corrected chi connectivity index (χ3v) is 4.86. The van der Waals surface area contributed by atoms with E-state index in [9.17, 15) is 0 Å². The lowest BCUT2D eigenvalue weighted by molar-refractivity contribution is 0.584. The van der Waals surface area contributed by atoms with E-state index < -0.39 is 0 Å². The summed E-state index contributed by atoms with van der Waals surface area (Å²) in [5.41, 5.74) is 0. The van der Waals surface area contributed by atoms with Crippen molar-refractivity contribution in [1.29, 1.82) is 0 Å². The van der Waals surface area contributed by atoms with E-state index in [2.05, 4.69) is 29.4 Å². The van der Waals surface area contributed by atoms with Crippen molar-refractivity contribution in [2.24, 2.45) is 11.8 Å². The Morgan fingerprint density at radius 3 is 2.75 bits per heavy atom. The number of fused-ring (bicyclic) bond motifs is 1. The fourth-order valence-corrected chi connectivity index (χ4v) is 4.00. The van der Waals surface area contributed by atoms with Crippen molar-refractivity contribution < 1.29 is 0 Å². The third kappa shape index (κ3) is 1.89. The van der Waals surface area contributed by atoms with Gasteiger partial charge in [-0.05, 0) is 24.7 Å². The molecule has 1 aromatic rings. The summed E-state index contributed by atoms with van der Waals surface area (Å²) >= 11 is 1.82. The van der Waals surface area contributed by atoms with Crippen molar-refractivity contribution in [3.63, 3.8) is 0 Å². The Hall–Kier alpha value is -0.480. The molecule has 0 amide bonds. The van der Waals surface area contributed by atoms with Gasteiger partial charge in [-0.15, -0.1) is 10.2 Å².